The third-order valence-electron chi connectivity index (χ3n) is 2.07. The Kier molecular flexibility index (Phi) is 9.70. The molecule has 1 N–H and O–H groups in total. The molecule has 0 aromatic rings. The van der Waals surface area contributed by atoms with E-state index in [9.17, 15) is 9.59 Å². The lowest BCUT2D eigenvalue weighted by Gasteiger charge is -2.03. The molecule has 0 aromatic carbocycles. The topological polar surface area (TPSA) is 72.8 Å². The molecular formula is C11H20O5. The van der Waals surface area contributed by atoms with E-state index in [0.717, 1.165) is 19.3 Å². The van der Waals surface area contributed by atoms with E-state index in [0.29, 0.717) is 26.1 Å². The van der Waals surface area contributed by atoms with Crippen LogP contribution in [-0.2, 0) is 19.1 Å². The van der Waals surface area contributed by atoms with Crippen molar-refractivity contribution in [2.75, 3.05) is 20.3 Å². The molecule has 0 spiro atoms. The van der Waals surface area contributed by atoms with Crippen LogP contribution in [-0.4, -0.2) is 37.4 Å². The van der Waals surface area contributed by atoms with Gasteiger partial charge in [-0.2, -0.15) is 0 Å². The van der Waals surface area contributed by atoms with Crippen molar-refractivity contribution in [3.8, 4) is 0 Å². The van der Waals surface area contributed by atoms with Crippen molar-refractivity contribution in [2.24, 2.45) is 0 Å². The van der Waals surface area contributed by atoms with Crippen molar-refractivity contribution < 1.29 is 24.2 Å². The van der Waals surface area contributed by atoms with Gasteiger partial charge in [-0.25, -0.2) is 0 Å². The average Bonchev–Trinajstić information content (AvgIpc) is 2.23. The first-order valence-corrected chi connectivity index (χ1v) is 5.53. The summed E-state index contributed by atoms with van der Waals surface area (Å²) in [4.78, 5) is 21.3. The molecule has 5 nitrogen and oxygen atoms in total. The molecule has 0 aliphatic carbocycles. The van der Waals surface area contributed by atoms with Gasteiger partial charge >= 0.3 is 11.9 Å². The summed E-state index contributed by atoms with van der Waals surface area (Å²) >= 11 is 0. The molecule has 0 atom stereocenters. The van der Waals surface area contributed by atoms with E-state index in [1.165, 1.54) is 0 Å². The maximum atomic E-state index is 11.1. The SMILES string of the molecule is COCCOC(=O)CCCCCCC(=O)O. The van der Waals surface area contributed by atoms with Gasteiger partial charge in [-0.15, -0.1) is 0 Å². The number of aliphatic carboxylic acids is 1. The quantitative estimate of drug-likeness (QED) is 0.457. The number of rotatable bonds is 10. The third kappa shape index (κ3) is 11.0. The van der Waals surface area contributed by atoms with E-state index in [4.69, 9.17) is 14.6 Å². The lowest BCUT2D eigenvalue weighted by molar-refractivity contribution is -0.145. The molecule has 0 aliphatic heterocycles. The first-order valence-electron chi connectivity index (χ1n) is 5.53. The zero-order valence-corrected chi connectivity index (χ0v) is 9.74. The molecular weight excluding hydrogens is 212 g/mol. The third-order valence-corrected chi connectivity index (χ3v) is 2.07. The minimum Gasteiger partial charge on any atom is -0.481 e. The monoisotopic (exact) mass is 232 g/mol. The number of hydrogen-bond donors (Lipinski definition) is 1. The van der Waals surface area contributed by atoms with Crippen LogP contribution in [0.5, 0.6) is 0 Å². The highest BCUT2D eigenvalue weighted by molar-refractivity contribution is 5.69. The van der Waals surface area contributed by atoms with Gasteiger partial charge in [-0.05, 0) is 12.8 Å². The fourth-order valence-corrected chi connectivity index (χ4v) is 1.21. The van der Waals surface area contributed by atoms with E-state index < -0.39 is 5.97 Å². The average molecular weight is 232 g/mol. The van der Waals surface area contributed by atoms with Gasteiger partial charge < -0.3 is 14.6 Å². The van der Waals surface area contributed by atoms with Gasteiger partial charge in [0.1, 0.15) is 6.61 Å². The number of carboxylic acids is 1. The number of methoxy groups -OCH3 is 1. The number of unbranched alkanes of at least 4 members (excludes halogenated alkanes) is 3. The largest absolute Gasteiger partial charge is 0.481 e. The maximum Gasteiger partial charge on any atom is 0.305 e. The second kappa shape index (κ2) is 10.4. The van der Waals surface area contributed by atoms with Gasteiger partial charge in [-0.1, -0.05) is 12.8 Å². The summed E-state index contributed by atoms with van der Waals surface area (Å²) in [6.45, 7) is 0.721. The van der Waals surface area contributed by atoms with Crippen LogP contribution in [0.4, 0.5) is 0 Å². The standard InChI is InChI=1S/C11H20O5/c1-15-8-9-16-11(14)7-5-3-2-4-6-10(12)13/h2-9H2,1H3,(H,12,13). The van der Waals surface area contributed by atoms with Crippen LogP contribution in [0, 0.1) is 0 Å². The molecule has 0 amide bonds. The second-order valence-corrected chi connectivity index (χ2v) is 3.52. The van der Waals surface area contributed by atoms with Crippen molar-refractivity contribution in [1.29, 1.82) is 0 Å². The fourth-order valence-electron chi connectivity index (χ4n) is 1.21. The highest BCUT2D eigenvalue weighted by atomic mass is 16.6. The number of esters is 1. The Hall–Kier alpha value is -1.10. The lowest BCUT2D eigenvalue weighted by Crippen LogP contribution is -2.09. The summed E-state index contributed by atoms with van der Waals surface area (Å²) in [7, 11) is 1.55. The molecule has 0 heterocycles. The Morgan fingerprint density at radius 3 is 2.19 bits per heavy atom. The van der Waals surface area contributed by atoms with Crippen LogP contribution < -0.4 is 0 Å². The Morgan fingerprint density at radius 2 is 1.62 bits per heavy atom. The normalized spacial score (nSPS) is 10.1. The second-order valence-electron chi connectivity index (χ2n) is 3.52. The summed E-state index contributed by atoms with van der Waals surface area (Å²) in [5.74, 6) is -0.978. The number of hydrogen-bond acceptors (Lipinski definition) is 4. The van der Waals surface area contributed by atoms with Crippen LogP contribution in [0.3, 0.4) is 0 Å². The summed E-state index contributed by atoms with van der Waals surface area (Å²) in [5.41, 5.74) is 0. The van der Waals surface area contributed by atoms with E-state index in [2.05, 4.69) is 0 Å². The highest BCUT2D eigenvalue weighted by Gasteiger charge is 2.02. The number of ether oxygens (including phenoxy) is 2. The predicted octanol–water partition coefficient (Wildman–Crippen LogP) is 1.60. The molecule has 16 heavy (non-hydrogen) atoms. The molecule has 0 aromatic heterocycles. The van der Waals surface area contributed by atoms with Gasteiger partial charge in [-0.3, -0.25) is 9.59 Å². The molecule has 0 radical (unpaired) electrons. The summed E-state index contributed by atoms with van der Waals surface area (Å²) in [6, 6.07) is 0. The zero-order valence-electron chi connectivity index (χ0n) is 9.74. The van der Waals surface area contributed by atoms with Crippen LogP contribution >= 0.6 is 0 Å². The maximum absolute atomic E-state index is 11.1. The van der Waals surface area contributed by atoms with Crippen molar-refractivity contribution in [3.63, 3.8) is 0 Å². The van der Waals surface area contributed by atoms with Crippen molar-refractivity contribution in [3.05, 3.63) is 0 Å². The summed E-state index contributed by atoms with van der Waals surface area (Å²) < 4.78 is 9.61. The van der Waals surface area contributed by atoms with E-state index in [-0.39, 0.29) is 12.4 Å². The fraction of sp³-hybridized carbons (Fsp3) is 0.818. The predicted molar refractivity (Wildman–Crippen MR) is 58.2 cm³/mol. The Balaban J connectivity index is 3.18. The molecule has 0 bridgehead atoms. The van der Waals surface area contributed by atoms with Crippen molar-refractivity contribution >= 4 is 11.9 Å². The number of carbonyl (C=O) groups excluding carboxylic acids is 1. The first kappa shape index (κ1) is 14.9. The zero-order chi connectivity index (χ0) is 12.2. The summed E-state index contributed by atoms with van der Waals surface area (Å²) in [5, 5.41) is 8.39. The van der Waals surface area contributed by atoms with Crippen molar-refractivity contribution in [2.45, 2.75) is 38.5 Å². The van der Waals surface area contributed by atoms with E-state index >= 15 is 0 Å². The molecule has 5 heteroatoms. The molecule has 0 saturated carbocycles. The van der Waals surface area contributed by atoms with Gasteiger partial charge in [0.05, 0.1) is 6.61 Å². The lowest BCUT2D eigenvalue weighted by atomic mass is 10.1. The molecule has 0 unspecified atom stereocenters. The van der Waals surface area contributed by atoms with E-state index in [1.54, 1.807) is 7.11 Å². The molecule has 94 valence electrons. The molecule has 0 aliphatic rings. The Labute approximate surface area is 95.7 Å². The molecule has 0 saturated heterocycles. The van der Waals surface area contributed by atoms with Crippen molar-refractivity contribution in [1.82, 2.24) is 0 Å². The number of carboxylic acid groups (broad SMARTS) is 1. The molecule has 0 fully saturated rings. The molecule has 0 rings (SSSR count). The van der Waals surface area contributed by atoms with E-state index in [1.807, 2.05) is 0 Å². The highest BCUT2D eigenvalue weighted by Crippen LogP contribution is 2.06. The van der Waals surface area contributed by atoms with Crippen LogP contribution in [0.2, 0.25) is 0 Å². The van der Waals surface area contributed by atoms with Gasteiger partial charge in [0.15, 0.2) is 0 Å². The summed E-state index contributed by atoms with van der Waals surface area (Å²) in [6.07, 6.45) is 3.75. The minimum atomic E-state index is -0.765. The Bertz CT molecular complexity index is 203. The van der Waals surface area contributed by atoms with Crippen LogP contribution in [0.25, 0.3) is 0 Å². The van der Waals surface area contributed by atoms with Gasteiger partial charge in [0, 0.05) is 20.0 Å². The van der Waals surface area contributed by atoms with Gasteiger partial charge in [0.2, 0.25) is 0 Å². The first-order chi connectivity index (χ1) is 7.66. The Morgan fingerprint density at radius 1 is 1.00 bits per heavy atom. The minimum absolute atomic E-state index is 0.207. The van der Waals surface area contributed by atoms with Crippen LogP contribution in [0.15, 0.2) is 0 Å². The van der Waals surface area contributed by atoms with Crippen LogP contribution in [0.1, 0.15) is 38.5 Å². The number of carbonyl (C=O) groups is 2. The van der Waals surface area contributed by atoms with Gasteiger partial charge in [0.25, 0.3) is 0 Å². The smallest absolute Gasteiger partial charge is 0.305 e.